The Morgan fingerprint density at radius 2 is 2.04 bits per heavy atom. The number of nitrogens with one attached hydrogen (secondary N) is 1. The van der Waals surface area contributed by atoms with E-state index < -0.39 is 0 Å². The molecule has 1 amide bonds. The van der Waals surface area contributed by atoms with Crippen molar-refractivity contribution in [1.29, 1.82) is 0 Å². The lowest BCUT2D eigenvalue weighted by Crippen LogP contribution is -2.32. The highest BCUT2D eigenvalue weighted by Gasteiger charge is 2.13. The molecule has 0 aliphatic heterocycles. The molecule has 0 aliphatic rings. The summed E-state index contributed by atoms with van der Waals surface area (Å²) < 4.78 is 2.80. The van der Waals surface area contributed by atoms with Crippen molar-refractivity contribution in [3.8, 4) is 11.5 Å². The molecule has 134 valence electrons. The van der Waals surface area contributed by atoms with Crippen molar-refractivity contribution in [3.63, 3.8) is 0 Å². The number of hydrogen-bond donors (Lipinski definition) is 1. The molecular weight excluding hydrogens is 330 g/mol. The molecule has 3 rings (SSSR count). The van der Waals surface area contributed by atoms with E-state index in [0.29, 0.717) is 31.0 Å². The zero-order valence-electron chi connectivity index (χ0n) is 14.8. The third kappa shape index (κ3) is 4.05. The molecular formula is C19H21N5O2. The molecule has 0 unspecified atom stereocenters. The number of nitrogens with zero attached hydrogens (tertiary/aromatic N) is 4. The van der Waals surface area contributed by atoms with E-state index in [1.807, 2.05) is 43.3 Å². The molecule has 2 heterocycles. The number of rotatable bonds is 6. The summed E-state index contributed by atoms with van der Waals surface area (Å²) in [6.07, 6.45) is 1.97. The molecule has 0 aliphatic carbocycles. The highest BCUT2D eigenvalue weighted by molar-refractivity contribution is 5.78. The summed E-state index contributed by atoms with van der Waals surface area (Å²) in [6.45, 7) is 2.64. The minimum absolute atomic E-state index is 0.0791. The summed E-state index contributed by atoms with van der Waals surface area (Å²) in [5.74, 6) is 0.422. The van der Waals surface area contributed by atoms with Gasteiger partial charge in [-0.1, -0.05) is 35.9 Å². The number of amides is 1. The normalized spacial score (nSPS) is 10.7. The van der Waals surface area contributed by atoms with E-state index in [2.05, 4.69) is 15.4 Å². The van der Waals surface area contributed by atoms with Gasteiger partial charge in [0.2, 0.25) is 5.91 Å². The molecule has 0 saturated carbocycles. The Kier molecular flexibility index (Phi) is 5.26. The molecule has 0 bridgehead atoms. The van der Waals surface area contributed by atoms with E-state index in [1.165, 1.54) is 9.25 Å². The minimum Gasteiger partial charge on any atom is -0.354 e. The Hall–Kier alpha value is -3.22. The maximum absolute atomic E-state index is 12.3. The van der Waals surface area contributed by atoms with Gasteiger partial charge in [-0.2, -0.15) is 0 Å². The Morgan fingerprint density at radius 1 is 1.19 bits per heavy atom. The van der Waals surface area contributed by atoms with Crippen molar-refractivity contribution in [2.75, 3.05) is 6.54 Å². The van der Waals surface area contributed by atoms with Crippen LogP contribution in [0.5, 0.6) is 0 Å². The van der Waals surface area contributed by atoms with Gasteiger partial charge in [-0.15, -0.1) is 5.10 Å². The third-order valence-corrected chi connectivity index (χ3v) is 4.03. The molecule has 3 aromatic rings. The third-order valence-electron chi connectivity index (χ3n) is 4.03. The first-order chi connectivity index (χ1) is 12.5. The summed E-state index contributed by atoms with van der Waals surface area (Å²) in [5.41, 5.74) is 2.49. The van der Waals surface area contributed by atoms with Gasteiger partial charge in [0.15, 0.2) is 5.82 Å². The summed E-state index contributed by atoms with van der Waals surface area (Å²) in [4.78, 5) is 28.6. The Labute approximate surface area is 151 Å². The van der Waals surface area contributed by atoms with Crippen molar-refractivity contribution in [2.24, 2.45) is 7.05 Å². The molecule has 7 nitrogen and oxygen atoms in total. The van der Waals surface area contributed by atoms with Crippen molar-refractivity contribution >= 4 is 5.91 Å². The molecule has 0 saturated heterocycles. The van der Waals surface area contributed by atoms with Crippen molar-refractivity contribution in [3.05, 3.63) is 70.3 Å². The highest BCUT2D eigenvalue weighted by Crippen LogP contribution is 2.10. The van der Waals surface area contributed by atoms with Crippen molar-refractivity contribution < 1.29 is 4.79 Å². The number of benzene rings is 1. The fraction of sp³-hybridized carbons (Fsp3) is 0.263. The van der Waals surface area contributed by atoms with Crippen LogP contribution in [0.1, 0.15) is 11.1 Å². The molecule has 0 spiro atoms. The number of aryl methyl sites for hydroxylation is 1. The molecule has 1 aromatic carbocycles. The predicted molar refractivity (Wildman–Crippen MR) is 98.6 cm³/mol. The van der Waals surface area contributed by atoms with Gasteiger partial charge in [0.1, 0.15) is 5.69 Å². The summed E-state index contributed by atoms with van der Waals surface area (Å²) in [5, 5.41) is 7.16. The van der Waals surface area contributed by atoms with Crippen LogP contribution in [0, 0.1) is 6.92 Å². The molecule has 0 radical (unpaired) electrons. The maximum Gasteiger partial charge on any atom is 0.346 e. The van der Waals surface area contributed by atoms with Gasteiger partial charge in [-0.3, -0.25) is 14.3 Å². The monoisotopic (exact) mass is 351 g/mol. The number of hydrogen-bond acceptors (Lipinski definition) is 4. The average Bonchev–Trinajstić information content (AvgIpc) is 2.91. The summed E-state index contributed by atoms with van der Waals surface area (Å²) in [6, 6.07) is 13.3. The lowest BCUT2D eigenvalue weighted by atomic mass is 10.1. The SMILES string of the molecule is Cc1cccc(CC(=O)NCCn2nc(-c3ccccn3)n(C)c2=O)c1. The first-order valence-electron chi connectivity index (χ1n) is 8.42. The van der Waals surface area contributed by atoms with Gasteiger partial charge in [-0.25, -0.2) is 9.48 Å². The molecule has 1 N–H and O–H groups in total. The van der Waals surface area contributed by atoms with Crippen LogP contribution >= 0.6 is 0 Å². The number of pyridine rings is 1. The minimum atomic E-state index is -0.237. The fourth-order valence-corrected chi connectivity index (χ4v) is 2.72. The number of carbonyl (C=O) groups is 1. The van der Waals surface area contributed by atoms with E-state index >= 15 is 0 Å². The zero-order valence-corrected chi connectivity index (χ0v) is 14.8. The Morgan fingerprint density at radius 3 is 2.77 bits per heavy atom. The van der Waals surface area contributed by atoms with Gasteiger partial charge >= 0.3 is 5.69 Å². The number of aromatic nitrogens is 4. The van der Waals surface area contributed by atoms with Crippen LogP contribution in [-0.4, -0.2) is 31.8 Å². The van der Waals surface area contributed by atoms with Crippen LogP contribution in [-0.2, 0) is 24.8 Å². The second-order valence-corrected chi connectivity index (χ2v) is 6.12. The maximum atomic E-state index is 12.3. The molecule has 7 heteroatoms. The van der Waals surface area contributed by atoms with Crippen LogP contribution in [0.3, 0.4) is 0 Å². The topological polar surface area (TPSA) is 81.8 Å². The van der Waals surface area contributed by atoms with Gasteiger partial charge in [-0.05, 0) is 24.6 Å². The predicted octanol–water partition coefficient (Wildman–Crippen LogP) is 1.31. The molecule has 0 fully saturated rings. The first kappa shape index (κ1) is 17.6. The van der Waals surface area contributed by atoms with Crippen molar-refractivity contribution in [2.45, 2.75) is 19.9 Å². The van der Waals surface area contributed by atoms with Crippen LogP contribution in [0.2, 0.25) is 0 Å². The standard InChI is InChI=1S/C19H21N5O2/c1-14-6-5-7-15(12-14)13-17(25)21-10-11-24-19(26)23(2)18(22-24)16-8-3-4-9-20-16/h3-9,12H,10-11,13H2,1-2H3,(H,21,25). The molecule has 26 heavy (non-hydrogen) atoms. The van der Waals surface area contributed by atoms with Crippen LogP contribution in [0.25, 0.3) is 11.5 Å². The molecule has 0 atom stereocenters. The second kappa shape index (κ2) is 7.77. The lowest BCUT2D eigenvalue weighted by Gasteiger charge is -2.05. The Bertz CT molecular complexity index is 960. The largest absolute Gasteiger partial charge is 0.354 e. The summed E-state index contributed by atoms with van der Waals surface area (Å²) >= 11 is 0. The van der Waals surface area contributed by atoms with E-state index in [1.54, 1.807) is 19.3 Å². The highest BCUT2D eigenvalue weighted by atomic mass is 16.2. The smallest absolute Gasteiger partial charge is 0.346 e. The van der Waals surface area contributed by atoms with Gasteiger partial charge < -0.3 is 5.32 Å². The second-order valence-electron chi connectivity index (χ2n) is 6.12. The van der Waals surface area contributed by atoms with E-state index in [4.69, 9.17) is 0 Å². The van der Waals surface area contributed by atoms with Crippen LogP contribution in [0.4, 0.5) is 0 Å². The first-order valence-corrected chi connectivity index (χ1v) is 8.42. The zero-order chi connectivity index (χ0) is 18.5. The lowest BCUT2D eigenvalue weighted by molar-refractivity contribution is -0.120. The van der Waals surface area contributed by atoms with Gasteiger partial charge in [0.05, 0.1) is 13.0 Å². The molecule has 2 aromatic heterocycles. The van der Waals surface area contributed by atoms with E-state index in [9.17, 15) is 9.59 Å². The van der Waals surface area contributed by atoms with E-state index in [-0.39, 0.29) is 11.6 Å². The Balaban J connectivity index is 1.60. The van der Waals surface area contributed by atoms with Crippen LogP contribution < -0.4 is 11.0 Å². The van der Waals surface area contributed by atoms with Crippen LogP contribution in [0.15, 0.2) is 53.5 Å². The van der Waals surface area contributed by atoms with Crippen molar-refractivity contribution in [1.82, 2.24) is 24.6 Å². The van der Waals surface area contributed by atoms with E-state index in [0.717, 1.165) is 11.1 Å². The van der Waals surface area contributed by atoms with Gasteiger partial charge in [0.25, 0.3) is 0 Å². The van der Waals surface area contributed by atoms with Gasteiger partial charge in [0, 0.05) is 19.8 Å². The summed E-state index contributed by atoms with van der Waals surface area (Å²) in [7, 11) is 1.66. The fourth-order valence-electron chi connectivity index (χ4n) is 2.72. The average molecular weight is 351 g/mol. The quantitative estimate of drug-likeness (QED) is 0.726. The number of carbonyl (C=O) groups excluding carboxylic acids is 1.